The van der Waals surface area contributed by atoms with E-state index in [9.17, 15) is 18.0 Å². The standard InChI is InChI=1S/C24H31N5O4S.ClH/c1-2-34(32,33)28-20(15-17-7-4-3-5-8-17)23(30)27-24(31)21-9-6-14-29(21)16-18-10-12-19(13-11-18)22(25)26;/h3-5,7-8,10-13,20-21,28H,2,6,9,14-16H2,1H3,(H3,25,26)(H,27,30,31);1H/t20-,21+;/m1./s1. The summed E-state index contributed by atoms with van der Waals surface area (Å²) in [5.41, 5.74) is 7.88. The van der Waals surface area contributed by atoms with Gasteiger partial charge in [0.15, 0.2) is 0 Å². The van der Waals surface area contributed by atoms with Gasteiger partial charge in [0, 0.05) is 12.1 Å². The Bertz CT molecular complexity index is 1130. The highest BCUT2D eigenvalue weighted by molar-refractivity contribution is 7.89. The maximum absolute atomic E-state index is 13.0. The molecule has 2 aromatic rings. The molecule has 190 valence electrons. The Labute approximate surface area is 212 Å². The van der Waals surface area contributed by atoms with Crippen LogP contribution in [-0.2, 0) is 32.6 Å². The van der Waals surface area contributed by atoms with E-state index in [-0.39, 0.29) is 30.4 Å². The summed E-state index contributed by atoms with van der Waals surface area (Å²) in [4.78, 5) is 28.0. The molecule has 1 heterocycles. The predicted octanol–water partition coefficient (Wildman–Crippen LogP) is 1.55. The number of likely N-dealkylation sites (tertiary alicyclic amines) is 1. The monoisotopic (exact) mass is 521 g/mol. The highest BCUT2D eigenvalue weighted by Crippen LogP contribution is 2.21. The minimum atomic E-state index is -3.66. The van der Waals surface area contributed by atoms with Gasteiger partial charge in [-0.15, -0.1) is 12.4 Å². The van der Waals surface area contributed by atoms with Gasteiger partial charge in [0.1, 0.15) is 11.9 Å². The normalized spacial score (nSPS) is 16.8. The number of nitrogen functional groups attached to an aromatic ring is 1. The lowest BCUT2D eigenvalue weighted by atomic mass is 10.1. The van der Waals surface area contributed by atoms with Crippen LogP contribution in [0.3, 0.4) is 0 Å². The zero-order valence-corrected chi connectivity index (χ0v) is 21.2. The molecule has 2 aromatic carbocycles. The first-order valence-corrected chi connectivity index (χ1v) is 12.9. The van der Waals surface area contributed by atoms with Crippen LogP contribution >= 0.6 is 12.4 Å². The van der Waals surface area contributed by atoms with Gasteiger partial charge < -0.3 is 5.73 Å². The summed E-state index contributed by atoms with van der Waals surface area (Å²) >= 11 is 0. The van der Waals surface area contributed by atoms with Gasteiger partial charge in [-0.1, -0.05) is 54.6 Å². The maximum atomic E-state index is 13.0. The van der Waals surface area contributed by atoms with E-state index in [0.717, 1.165) is 17.5 Å². The zero-order chi connectivity index (χ0) is 24.7. The fraction of sp³-hybridized carbons (Fsp3) is 0.375. The van der Waals surface area contributed by atoms with Gasteiger partial charge in [-0.05, 0) is 43.9 Å². The maximum Gasteiger partial charge on any atom is 0.245 e. The number of carbonyl (C=O) groups is 2. The predicted molar refractivity (Wildman–Crippen MR) is 138 cm³/mol. The van der Waals surface area contributed by atoms with Crippen LogP contribution in [0.4, 0.5) is 0 Å². The molecule has 0 bridgehead atoms. The SMILES string of the molecule is CCS(=O)(=O)N[C@H](Cc1ccccc1)C(=O)NC(=O)[C@@H]1CCCN1Cc1ccc(C(=N)N)cc1.Cl. The van der Waals surface area contributed by atoms with E-state index in [4.69, 9.17) is 11.1 Å². The molecule has 0 spiro atoms. The van der Waals surface area contributed by atoms with Crippen molar-refractivity contribution < 1.29 is 18.0 Å². The molecule has 0 unspecified atom stereocenters. The second-order valence-electron chi connectivity index (χ2n) is 8.36. The van der Waals surface area contributed by atoms with E-state index in [2.05, 4.69) is 10.0 Å². The molecule has 2 amide bonds. The summed E-state index contributed by atoms with van der Waals surface area (Å²) in [6.45, 7) is 2.71. The Hall–Kier alpha value is -2.79. The van der Waals surface area contributed by atoms with Crippen LogP contribution in [-0.4, -0.2) is 55.3 Å². The fourth-order valence-electron chi connectivity index (χ4n) is 3.97. The van der Waals surface area contributed by atoms with Crippen LogP contribution < -0.4 is 15.8 Å². The molecular weight excluding hydrogens is 490 g/mol. The Morgan fingerprint density at radius 3 is 2.37 bits per heavy atom. The van der Waals surface area contributed by atoms with Crippen LogP contribution in [0.5, 0.6) is 0 Å². The summed E-state index contributed by atoms with van der Waals surface area (Å²) in [5.74, 6) is -1.27. The lowest BCUT2D eigenvalue weighted by molar-refractivity contribution is -0.134. The van der Waals surface area contributed by atoms with Crippen molar-refractivity contribution >= 4 is 40.1 Å². The molecule has 9 nitrogen and oxygen atoms in total. The number of nitrogens with zero attached hydrogens (tertiary/aromatic N) is 1. The summed E-state index contributed by atoms with van der Waals surface area (Å²) in [5, 5.41) is 9.93. The first-order chi connectivity index (χ1) is 16.2. The molecule has 5 N–H and O–H groups in total. The number of halogens is 1. The third-order valence-electron chi connectivity index (χ3n) is 5.86. The van der Waals surface area contributed by atoms with Gasteiger partial charge in [-0.25, -0.2) is 13.1 Å². The Morgan fingerprint density at radius 1 is 1.11 bits per heavy atom. The number of hydrogen-bond acceptors (Lipinski definition) is 6. The fourth-order valence-corrected chi connectivity index (χ4v) is 4.76. The van der Waals surface area contributed by atoms with E-state index in [1.54, 1.807) is 24.3 Å². The van der Waals surface area contributed by atoms with Crippen molar-refractivity contribution in [1.82, 2.24) is 14.9 Å². The lowest BCUT2D eigenvalue weighted by Gasteiger charge is -2.25. The molecule has 0 aromatic heterocycles. The van der Waals surface area contributed by atoms with E-state index in [1.165, 1.54) is 6.92 Å². The molecule has 3 rings (SSSR count). The smallest absolute Gasteiger partial charge is 0.245 e. The molecule has 1 saturated heterocycles. The van der Waals surface area contributed by atoms with Crippen molar-refractivity contribution in [3.63, 3.8) is 0 Å². The molecule has 11 heteroatoms. The molecule has 2 atom stereocenters. The van der Waals surface area contributed by atoms with E-state index >= 15 is 0 Å². The Balaban J connectivity index is 0.00000432. The van der Waals surface area contributed by atoms with Gasteiger partial charge in [0.25, 0.3) is 0 Å². The quantitative estimate of drug-likeness (QED) is 0.275. The highest BCUT2D eigenvalue weighted by atomic mass is 35.5. The summed E-state index contributed by atoms with van der Waals surface area (Å²) in [6.07, 6.45) is 1.55. The Kier molecular flexibility index (Phi) is 10.4. The van der Waals surface area contributed by atoms with Gasteiger partial charge in [-0.2, -0.15) is 0 Å². The number of amidine groups is 1. The number of rotatable bonds is 10. The minimum absolute atomic E-state index is 0. The number of hydrogen-bond donors (Lipinski definition) is 4. The average Bonchev–Trinajstić information content (AvgIpc) is 3.28. The van der Waals surface area contributed by atoms with Crippen LogP contribution in [0.25, 0.3) is 0 Å². The molecular formula is C24H32ClN5O4S. The first kappa shape index (κ1) is 28.4. The number of imide groups is 1. The topological polar surface area (TPSA) is 145 Å². The second-order valence-corrected chi connectivity index (χ2v) is 10.4. The number of carbonyl (C=O) groups excluding carboxylic acids is 2. The van der Waals surface area contributed by atoms with Crippen LogP contribution in [0, 0.1) is 5.41 Å². The molecule has 1 aliphatic rings. The Morgan fingerprint density at radius 2 is 1.77 bits per heavy atom. The van der Waals surface area contributed by atoms with Gasteiger partial charge in [0.2, 0.25) is 21.8 Å². The molecule has 0 aliphatic carbocycles. The van der Waals surface area contributed by atoms with Crippen molar-refractivity contribution in [2.75, 3.05) is 12.3 Å². The van der Waals surface area contributed by atoms with Crippen LogP contribution in [0.2, 0.25) is 0 Å². The molecule has 1 aliphatic heterocycles. The van der Waals surface area contributed by atoms with Gasteiger partial charge in [0.05, 0.1) is 11.8 Å². The first-order valence-electron chi connectivity index (χ1n) is 11.2. The van der Waals surface area contributed by atoms with Crippen molar-refractivity contribution in [3.8, 4) is 0 Å². The van der Waals surface area contributed by atoms with Gasteiger partial charge in [-0.3, -0.25) is 25.2 Å². The highest BCUT2D eigenvalue weighted by Gasteiger charge is 2.33. The third kappa shape index (κ3) is 8.14. The molecule has 1 fully saturated rings. The number of amides is 2. The lowest BCUT2D eigenvalue weighted by Crippen LogP contribution is -2.53. The number of benzene rings is 2. The summed E-state index contributed by atoms with van der Waals surface area (Å²) in [7, 11) is -3.66. The minimum Gasteiger partial charge on any atom is -0.384 e. The van der Waals surface area contributed by atoms with E-state index < -0.39 is 33.9 Å². The molecule has 0 radical (unpaired) electrons. The van der Waals surface area contributed by atoms with E-state index in [0.29, 0.717) is 25.1 Å². The second kappa shape index (κ2) is 12.8. The van der Waals surface area contributed by atoms with Crippen molar-refractivity contribution in [1.29, 1.82) is 5.41 Å². The molecule has 0 saturated carbocycles. The number of nitrogens with one attached hydrogen (secondary N) is 3. The van der Waals surface area contributed by atoms with Crippen molar-refractivity contribution in [3.05, 3.63) is 71.3 Å². The van der Waals surface area contributed by atoms with Crippen LogP contribution in [0.15, 0.2) is 54.6 Å². The van der Waals surface area contributed by atoms with E-state index in [1.807, 2.05) is 35.2 Å². The largest absolute Gasteiger partial charge is 0.384 e. The van der Waals surface area contributed by atoms with Gasteiger partial charge >= 0.3 is 0 Å². The third-order valence-corrected chi connectivity index (χ3v) is 7.27. The molecule has 35 heavy (non-hydrogen) atoms. The number of nitrogens with two attached hydrogens (primary N) is 1. The zero-order valence-electron chi connectivity index (χ0n) is 19.6. The summed E-state index contributed by atoms with van der Waals surface area (Å²) < 4.78 is 26.7. The number of sulfonamides is 1. The van der Waals surface area contributed by atoms with Crippen molar-refractivity contribution in [2.45, 2.75) is 44.8 Å². The summed E-state index contributed by atoms with van der Waals surface area (Å²) in [6, 6.07) is 14.7. The average molecular weight is 522 g/mol. The van der Waals surface area contributed by atoms with Crippen LogP contribution in [0.1, 0.15) is 36.5 Å². The van der Waals surface area contributed by atoms with Crippen molar-refractivity contribution in [2.24, 2.45) is 5.73 Å².